The zero-order valence-corrected chi connectivity index (χ0v) is 7.66. The molecule has 1 amide bonds. The number of hydrogen-bond donors (Lipinski definition) is 2. The molecule has 0 atom stereocenters. The van der Waals surface area contributed by atoms with Gasteiger partial charge in [0.05, 0.1) is 25.9 Å². The fraction of sp³-hybridized carbons (Fsp3) is 0.333. The van der Waals surface area contributed by atoms with Gasteiger partial charge in [-0.1, -0.05) is 0 Å². The molecule has 1 aromatic heterocycles. The standard InChI is InChI=1S/C9H12N2O3/c12-4-3-11-9(13)7-10-6-8-2-1-5-14-8/h1-2,4-5,10H,3,6-7H2,(H,11,13). The molecule has 2 N–H and O–H groups in total. The molecule has 0 unspecified atom stereocenters. The van der Waals surface area contributed by atoms with Crippen LogP contribution in [0.4, 0.5) is 0 Å². The minimum absolute atomic E-state index is 0.0568. The van der Waals surface area contributed by atoms with Gasteiger partial charge in [-0.15, -0.1) is 0 Å². The van der Waals surface area contributed by atoms with Crippen LogP contribution in [0, 0.1) is 0 Å². The first-order chi connectivity index (χ1) is 6.83. The van der Waals surface area contributed by atoms with Crippen molar-refractivity contribution in [2.75, 3.05) is 13.1 Å². The van der Waals surface area contributed by atoms with Gasteiger partial charge in [-0.25, -0.2) is 0 Å². The number of furan rings is 1. The van der Waals surface area contributed by atoms with Gasteiger partial charge in [0, 0.05) is 0 Å². The van der Waals surface area contributed by atoms with Gasteiger partial charge < -0.3 is 19.8 Å². The molecule has 14 heavy (non-hydrogen) atoms. The van der Waals surface area contributed by atoms with Crippen LogP contribution in [0.15, 0.2) is 22.8 Å². The molecule has 0 aliphatic heterocycles. The van der Waals surface area contributed by atoms with E-state index >= 15 is 0 Å². The number of nitrogens with one attached hydrogen (secondary N) is 2. The van der Waals surface area contributed by atoms with Crippen molar-refractivity contribution in [3.8, 4) is 0 Å². The van der Waals surface area contributed by atoms with E-state index in [4.69, 9.17) is 4.42 Å². The molecule has 0 bridgehead atoms. The van der Waals surface area contributed by atoms with Crippen LogP contribution in [0.1, 0.15) is 5.76 Å². The van der Waals surface area contributed by atoms with Crippen molar-refractivity contribution in [1.29, 1.82) is 0 Å². The van der Waals surface area contributed by atoms with Gasteiger partial charge in [0.2, 0.25) is 5.91 Å². The SMILES string of the molecule is O=CCNC(=O)CNCc1ccco1. The molecule has 0 saturated carbocycles. The average Bonchev–Trinajstić information content (AvgIpc) is 2.67. The second kappa shape index (κ2) is 5.93. The summed E-state index contributed by atoms with van der Waals surface area (Å²) in [5.74, 6) is 0.567. The predicted molar refractivity (Wildman–Crippen MR) is 49.5 cm³/mol. The van der Waals surface area contributed by atoms with Crippen LogP contribution in [-0.4, -0.2) is 25.3 Å². The van der Waals surface area contributed by atoms with Gasteiger partial charge in [-0.3, -0.25) is 4.79 Å². The Labute approximate surface area is 81.5 Å². The number of carbonyl (C=O) groups is 2. The Balaban J connectivity index is 2.09. The van der Waals surface area contributed by atoms with Crippen molar-refractivity contribution < 1.29 is 14.0 Å². The van der Waals surface area contributed by atoms with E-state index < -0.39 is 0 Å². The second-order valence-corrected chi connectivity index (χ2v) is 2.65. The summed E-state index contributed by atoms with van der Waals surface area (Å²) in [6.07, 6.45) is 2.22. The normalized spacial score (nSPS) is 9.71. The van der Waals surface area contributed by atoms with Gasteiger partial charge in [0.15, 0.2) is 0 Å². The first-order valence-electron chi connectivity index (χ1n) is 4.26. The molecule has 5 heteroatoms. The summed E-state index contributed by atoms with van der Waals surface area (Å²) in [5.41, 5.74) is 0. The van der Waals surface area contributed by atoms with Gasteiger partial charge in [-0.05, 0) is 12.1 Å². The monoisotopic (exact) mass is 196 g/mol. The average molecular weight is 196 g/mol. The number of carbonyl (C=O) groups excluding carboxylic acids is 2. The molecule has 1 heterocycles. The third-order valence-electron chi connectivity index (χ3n) is 1.55. The highest BCUT2D eigenvalue weighted by Crippen LogP contribution is 1.97. The molecule has 0 aliphatic carbocycles. The van der Waals surface area contributed by atoms with Crippen LogP contribution in [0.25, 0.3) is 0 Å². The van der Waals surface area contributed by atoms with Gasteiger partial charge in [0.25, 0.3) is 0 Å². The highest BCUT2D eigenvalue weighted by atomic mass is 16.3. The number of aldehydes is 1. The Bertz CT molecular complexity index is 282. The van der Waals surface area contributed by atoms with Crippen LogP contribution < -0.4 is 10.6 Å². The van der Waals surface area contributed by atoms with E-state index in [1.165, 1.54) is 0 Å². The molecule has 76 valence electrons. The molecule has 1 aromatic rings. The van der Waals surface area contributed by atoms with E-state index in [0.717, 1.165) is 5.76 Å². The van der Waals surface area contributed by atoms with E-state index in [0.29, 0.717) is 12.8 Å². The highest BCUT2D eigenvalue weighted by Gasteiger charge is 1.99. The first-order valence-corrected chi connectivity index (χ1v) is 4.26. The Kier molecular flexibility index (Phi) is 4.43. The summed E-state index contributed by atoms with van der Waals surface area (Å²) in [7, 11) is 0. The van der Waals surface area contributed by atoms with Crippen molar-refractivity contribution in [3.63, 3.8) is 0 Å². The molecule has 0 saturated heterocycles. The van der Waals surface area contributed by atoms with Crippen molar-refractivity contribution >= 4 is 12.2 Å². The Morgan fingerprint density at radius 3 is 3.07 bits per heavy atom. The lowest BCUT2D eigenvalue weighted by Crippen LogP contribution is -2.34. The van der Waals surface area contributed by atoms with E-state index in [-0.39, 0.29) is 19.0 Å². The van der Waals surface area contributed by atoms with E-state index in [2.05, 4.69) is 10.6 Å². The van der Waals surface area contributed by atoms with E-state index in [1.54, 1.807) is 12.3 Å². The molecule has 0 aromatic carbocycles. The molecule has 0 radical (unpaired) electrons. The summed E-state index contributed by atoms with van der Waals surface area (Å²) >= 11 is 0. The summed E-state index contributed by atoms with van der Waals surface area (Å²) in [5, 5.41) is 5.29. The quantitative estimate of drug-likeness (QED) is 0.612. The maximum atomic E-state index is 11.0. The lowest BCUT2D eigenvalue weighted by atomic mass is 10.4. The van der Waals surface area contributed by atoms with Crippen molar-refractivity contribution in [2.45, 2.75) is 6.54 Å². The molecule has 0 fully saturated rings. The molecule has 0 aliphatic rings. The zero-order valence-electron chi connectivity index (χ0n) is 7.66. The molecule has 5 nitrogen and oxygen atoms in total. The van der Waals surface area contributed by atoms with E-state index in [1.807, 2.05) is 6.07 Å². The van der Waals surface area contributed by atoms with Crippen LogP contribution in [0.5, 0.6) is 0 Å². The van der Waals surface area contributed by atoms with Gasteiger partial charge in [0.1, 0.15) is 12.0 Å². The fourth-order valence-electron chi connectivity index (χ4n) is 0.930. The van der Waals surface area contributed by atoms with Crippen LogP contribution in [0.3, 0.4) is 0 Å². The summed E-state index contributed by atoms with van der Waals surface area (Å²) in [6, 6.07) is 3.60. The Morgan fingerprint density at radius 1 is 1.57 bits per heavy atom. The molecular formula is C9H12N2O3. The minimum atomic E-state index is -0.205. The predicted octanol–water partition coefficient (Wildman–Crippen LogP) is -0.316. The van der Waals surface area contributed by atoms with E-state index in [9.17, 15) is 9.59 Å². The molecular weight excluding hydrogens is 184 g/mol. The Hall–Kier alpha value is -1.62. The number of hydrogen-bond acceptors (Lipinski definition) is 4. The second-order valence-electron chi connectivity index (χ2n) is 2.65. The smallest absolute Gasteiger partial charge is 0.234 e. The van der Waals surface area contributed by atoms with Crippen molar-refractivity contribution in [2.24, 2.45) is 0 Å². The van der Waals surface area contributed by atoms with Crippen molar-refractivity contribution in [1.82, 2.24) is 10.6 Å². The third kappa shape index (κ3) is 3.86. The lowest BCUT2D eigenvalue weighted by molar-refractivity contribution is -0.121. The lowest BCUT2D eigenvalue weighted by Gasteiger charge is -2.02. The molecule has 1 rings (SSSR count). The van der Waals surface area contributed by atoms with Crippen molar-refractivity contribution in [3.05, 3.63) is 24.2 Å². The zero-order chi connectivity index (χ0) is 10.2. The van der Waals surface area contributed by atoms with Gasteiger partial charge in [-0.2, -0.15) is 0 Å². The third-order valence-corrected chi connectivity index (χ3v) is 1.55. The van der Waals surface area contributed by atoms with Crippen LogP contribution in [-0.2, 0) is 16.1 Å². The number of amides is 1. The Morgan fingerprint density at radius 2 is 2.43 bits per heavy atom. The topological polar surface area (TPSA) is 71.3 Å². The highest BCUT2D eigenvalue weighted by molar-refractivity contribution is 5.79. The van der Waals surface area contributed by atoms with Crippen LogP contribution >= 0.6 is 0 Å². The van der Waals surface area contributed by atoms with Crippen LogP contribution in [0.2, 0.25) is 0 Å². The summed E-state index contributed by atoms with van der Waals surface area (Å²) in [4.78, 5) is 20.9. The minimum Gasteiger partial charge on any atom is -0.468 e. The number of rotatable bonds is 6. The maximum absolute atomic E-state index is 11.0. The summed E-state index contributed by atoms with van der Waals surface area (Å²) < 4.78 is 5.05. The summed E-state index contributed by atoms with van der Waals surface area (Å²) in [6.45, 7) is 0.733. The largest absolute Gasteiger partial charge is 0.468 e. The fourth-order valence-corrected chi connectivity index (χ4v) is 0.930. The first kappa shape index (κ1) is 10.5. The molecule has 0 spiro atoms. The van der Waals surface area contributed by atoms with Gasteiger partial charge >= 0.3 is 0 Å². The maximum Gasteiger partial charge on any atom is 0.234 e.